The smallest absolute Gasteiger partial charge is 0.305 e. The zero-order valence-electron chi connectivity index (χ0n) is 12.2. The molecule has 108 valence electrons. The van der Waals surface area contributed by atoms with Crippen molar-refractivity contribution >= 4 is 5.97 Å². The number of unbranched alkanes of at least 4 members (excludes halogenated alkanes) is 4. The van der Waals surface area contributed by atoms with Crippen molar-refractivity contribution in [3.63, 3.8) is 0 Å². The Morgan fingerprint density at radius 1 is 1.32 bits per heavy atom. The van der Waals surface area contributed by atoms with Crippen LogP contribution in [0.1, 0.15) is 58.3 Å². The van der Waals surface area contributed by atoms with E-state index in [-0.39, 0.29) is 5.97 Å². The third-order valence-electron chi connectivity index (χ3n) is 2.74. The van der Waals surface area contributed by atoms with E-state index in [1.165, 1.54) is 7.11 Å². The first-order valence-corrected chi connectivity index (χ1v) is 7.10. The van der Waals surface area contributed by atoms with E-state index in [2.05, 4.69) is 23.5 Å². The summed E-state index contributed by atoms with van der Waals surface area (Å²) in [5.41, 5.74) is 0. The second-order valence-corrected chi connectivity index (χ2v) is 4.53. The molecule has 0 bridgehead atoms. The Morgan fingerprint density at radius 2 is 2.05 bits per heavy atom. The molecule has 0 aliphatic carbocycles. The fourth-order valence-corrected chi connectivity index (χ4v) is 1.59. The molecular formula is C16H26O3. The Morgan fingerprint density at radius 3 is 2.74 bits per heavy atom. The predicted octanol–water partition coefficient (Wildman–Crippen LogP) is 3.22. The molecule has 1 unspecified atom stereocenters. The first kappa shape index (κ1) is 17.7. The average molecular weight is 266 g/mol. The lowest BCUT2D eigenvalue weighted by Gasteiger charge is -2.04. The molecule has 0 spiro atoms. The van der Waals surface area contributed by atoms with Gasteiger partial charge in [-0.25, -0.2) is 0 Å². The molecule has 0 heterocycles. The van der Waals surface area contributed by atoms with Crippen LogP contribution in [0.3, 0.4) is 0 Å². The minimum absolute atomic E-state index is 0.145. The number of carbonyl (C=O) groups excluding carboxylic acids is 1. The summed E-state index contributed by atoms with van der Waals surface area (Å²) in [4.78, 5) is 10.9. The number of rotatable bonds is 9. The lowest BCUT2D eigenvalue weighted by molar-refractivity contribution is -0.140. The van der Waals surface area contributed by atoms with Crippen molar-refractivity contribution in [3.05, 3.63) is 12.2 Å². The lowest BCUT2D eigenvalue weighted by Crippen LogP contribution is -2.02. The van der Waals surface area contributed by atoms with Gasteiger partial charge in [-0.15, -0.1) is 0 Å². The van der Waals surface area contributed by atoms with Crippen molar-refractivity contribution < 1.29 is 14.6 Å². The molecule has 1 atom stereocenters. The third-order valence-corrected chi connectivity index (χ3v) is 2.74. The number of aliphatic hydroxyl groups is 1. The Hall–Kier alpha value is -1.27. The summed E-state index contributed by atoms with van der Waals surface area (Å²) >= 11 is 0. The van der Waals surface area contributed by atoms with E-state index in [4.69, 9.17) is 0 Å². The van der Waals surface area contributed by atoms with E-state index in [0.717, 1.165) is 44.9 Å². The maximum Gasteiger partial charge on any atom is 0.305 e. The zero-order valence-corrected chi connectivity index (χ0v) is 12.2. The standard InChI is InChI=1S/C16H26O3/c1-3-4-5-6-9-12-15(17)13-10-7-8-11-14-16(18)19-2/h9,12,15,17H,3-4,7-8,10-11,13-14H2,1-2H3/b12-9+. The number of carbonyl (C=O) groups is 1. The molecule has 0 aromatic rings. The van der Waals surface area contributed by atoms with Gasteiger partial charge in [-0.2, -0.15) is 0 Å². The van der Waals surface area contributed by atoms with Crippen LogP contribution in [-0.4, -0.2) is 24.3 Å². The predicted molar refractivity (Wildman–Crippen MR) is 77.5 cm³/mol. The topological polar surface area (TPSA) is 46.5 Å². The first-order chi connectivity index (χ1) is 9.20. The summed E-state index contributed by atoms with van der Waals surface area (Å²) in [6, 6.07) is 0. The second kappa shape index (κ2) is 13.2. The second-order valence-electron chi connectivity index (χ2n) is 4.53. The molecule has 0 fully saturated rings. The van der Waals surface area contributed by atoms with E-state index in [1.54, 1.807) is 12.2 Å². The minimum Gasteiger partial charge on any atom is -0.469 e. The summed E-state index contributed by atoms with van der Waals surface area (Å²) in [6.07, 6.45) is 10.2. The van der Waals surface area contributed by atoms with Crippen molar-refractivity contribution in [3.8, 4) is 11.8 Å². The van der Waals surface area contributed by atoms with Gasteiger partial charge in [-0.1, -0.05) is 38.0 Å². The Labute approximate surface area is 117 Å². The first-order valence-electron chi connectivity index (χ1n) is 7.10. The quantitative estimate of drug-likeness (QED) is 0.396. The summed E-state index contributed by atoms with van der Waals surface area (Å²) in [5, 5.41) is 9.66. The fraction of sp³-hybridized carbons (Fsp3) is 0.688. The average Bonchev–Trinajstić information content (AvgIpc) is 2.42. The molecule has 0 aliphatic rings. The highest BCUT2D eigenvalue weighted by Crippen LogP contribution is 2.08. The van der Waals surface area contributed by atoms with E-state index in [9.17, 15) is 9.90 Å². The summed E-state index contributed by atoms with van der Waals surface area (Å²) in [5.74, 6) is 5.76. The van der Waals surface area contributed by atoms with Crippen molar-refractivity contribution in [1.82, 2.24) is 0 Å². The largest absolute Gasteiger partial charge is 0.469 e. The summed E-state index contributed by atoms with van der Waals surface area (Å²) in [6.45, 7) is 2.09. The Bertz CT molecular complexity index is 310. The molecule has 3 nitrogen and oxygen atoms in total. The van der Waals surface area contributed by atoms with Crippen LogP contribution in [-0.2, 0) is 9.53 Å². The number of ether oxygens (including phenoxy) is 1. The van der Waals surface area contributed by atoms with E-state index >= 15 is 0 Å². The van der Waals surface area contributed by atoms with E-state index in [1.807, 2.05) is 0 Å². The SMILES string of the molecule is CCCC#C/C=C/C(O)CCCCCCC(=O)OC. The molecule has 1 N–H and O–H groups in total. The van der Waals surface area contributed by atoms with Crippen LogP contribution in [0.15, 0.2) is 12.2 Å². The van der Waals surface area contributed by atoms with Crippen LogP contribution in [0.4, 0.5) is 0 Å². The molecule has 0 radical (unpaired) electrons. The van der Waals surface area contributed by atoms with Gasteiger partial charge in [0, 0.05) is 12.8 Å². The third kappa shape index (κ3) is 13.0. The Kier molecular flexibility index (Phi) is 12.3. The maximum absolute atomic E-state index is 10.9. The van der Waals surface area contributed by atoms with Gasteiger partial charge < -0.3 is 9.84 Å². The molecule has 19 heavy (non-hydrogen) atoms. The van der Waals surface area contributed by atoms with Gasteiger partial charge >= 0.3 is 5.97 Å². The van der Waals surface area contributed by atoms with Gasteiger partial charge in [0.2, 0.25) is 0 Å². The molecule has 0 aromatic heterocycles. The van der Waals surface area contributed by atoms with Gasteiger partial charge in [0.15, 0.2) is 0 Å². The van der Waals surface area contributed by atoms with Crippen LogP contribution in [0.5, 0.6) is 0 Å². The van der Waals surface area contributed by atoms with Crippen LogP contribution in [0, 0.1) is 11.8 Å². The highest BCUT2D eigenvalue weighted by atomic mass is 16.5. The molecule has 0 aromatic carbocycles. The normalized spacial score (nSPS) is 11.9. The highest BCUT2D eigenvalue weighted by Gasteiger charge is 2.01. The van der Waals surface area contributed by atoms with Gasteiger partial charge in [-0.3, -0.25) is 4.79 Å². The number of methoxy groups -OCH3 is 1. The maximum atomic E-state index is 10.9. The number of aliphatic hydroxyl groups excluding tert-OH is 1. The van der Waals surface area contributed by atoms with Crippen LogP contribution in [0.25, 0.3) is 0 Å². The van der Waals surface area contributed by atoms with Gasteiger partial charge in [0.1, 0.15) is 0 Å². The van der Waals surface area contributed by atoms with Crippen LogP contribution < -0.4 is 0 Å². The van der Waals surface area contributed by atoms with Gasteiger partial charge in [-0.05, 0) is 31.4 Å². The van der Waals surface area contributed by atoms with Crippen molar-refractivity contribution in [2.75, 3.05) is 7.11 Å². The van der Waals surface area contributed by atoms with Crippen LogP contribution >= 0.6 is 0 Å². The van der Waals surface area contributed by atoms with Gasteiger partial charge in [0.25, 0.3) is 0 Å². The van der Waals surface area contributed by atoms with E-state index in [0.29, 0.717) is 6.42 Å². The van der Waals surface area contributed by atoms with Crippen molar-refractivity contribution in [1.29, 1.82) is 0 Å². The Balaban J connectivity index is 3.46. The molecule has 0 saturated carbocycles. The summed E-state index contributed by atoms with van der Waals surface area (Å²) in [7, 11) is 1.41. The highest BCUT2D eigenvalue weighted by molar-refractivity contribution is 5.68. The van der Waals surface area contributed by atoms with Crippen molar-refractivity contribution in [2.24, 2.45) is 0 Å². The lowest BCUT2D eigenvalue weighted by atomic mass is 10.1. The number of hydrogen-bond donors (Lipinski definition) is 1. The monoisotopic (exact) mass is 266 g/mol. The molecule has 0 aliphatic heterocycles. The molecule has 3 heteroatoms. The van der Waals surface area contributed by atoms with Crippen molar-refractivity contribution in [2.45, 2.75) is 64.4 Å². The minimum atomic E-state index is -0.406. The molecule has 0 rings (SSSR count). The van der Waals surface area contributed by atoms with E-state index < -0.39 is 6.10 Å². The molecule has 0 saturated heterocycles. The number of hydrogen-bond acceptors (Lipinski definition) is 3. The summed E-state index contributed by atoms with van der Waals surface area (Å²) < 4.78 is 4.57. The molecule has 0 amide bonds. The fourth-order valence-electron chi connectivity index (χ4n) is 1.59. The number of allylic oxidation sites excluding steroid dienone is 1. The van der Waals surface area contributed by atoms with Gasteiger partial charge in [0.05, 0.1) is 13.2 Å². The molecular weight excluding hydrogens is 240 g/mol. The van der Waals surface area contributed by atoms with Crippen LogP contribution in [0.2, 0.25) is 0 Å². The zero-order chi connectivity index (χ0) is 14.3. The number of esters is 1.